The highest BCUT2D eigenvalue weighted by molar-refractivity contribution is 7.19. The number of ether oxygens (including phenoxy) is 1. The Bertz CT molecular complexity index is 1200. The van der Waals surface area contributed by atoms with Crippen LogP contribution in [-0.4, -0.2) is 31.3 Å². The van der Waals surface area contributed by atoms with Crippen LogP contribution in [0.5, 0.6) is 5.75 Å². The number of hydrogen-bond donors (Lipinski definition) is 1. The molecule has 0 atom stereocenters. The Morgan fingerprint density at radius 2 is 1.97 bits per heavy atom. The van der Waals surface area contributed by atoms with Crippen LogP contribution in [0, 0.1) is 0 Å². The lowest BCUT2D eigenvalue weighted by Gasteiger charge is -2.25. The molecule has 0 unspecified atom stereocenters. The number of fused-ring (bicyclic) bond motifs is 1. The van der Waals surface area contributed by atoms with Gasteiger partial charge in [0, 0.05) is 22.7 Å². The quantitative estimate of drug-likeness (QED) is 0.462. The molecule has 7 nitrogen and oxygen atoms in total. The molecule has 0 bridgehead atoms. The van der Waals surface area contributed by atoms with E-state index >= 15 is 0 Å². The van der Waals surface area contributed by atoms with Crippen LogP contribution in [0.15, 0.2) is 48.5 Å². The first-order chi connectivity index (χ1) is 14.4. The highest BCUT2D eigenvalue weighted by atomic mass is 35.5. The molecule has 9 heteroatoms. The molecule has 0 saturated heterocycles. The molecule has 0 spiro atoms. The fourth-order valence-electron chi connectivity index (χ4n) is 2.85. The van der Waals surface area contributed by atoms with Crippen molar-refractivity contribution >= 4 is 39.5 Å². The second kappa shape index (κ2) is 8.04. The highest BCUT2D eigenvalue weighted by Crippen LogP contribution is 2.28. The molecule has 2 aromatic carbocycles. The Balaban J connectivity index is 1.52. The molecule has 2 heterocycles. The van der Waals surface area contributed by atoms with Crippen LogP contribution in [0.2, 0.25) is 5.02 Å². The molecule has 0 aliphatic heterocycles. The van der Waals surface area contributed by atoms with Gasteiger partial charge < -0.3 is 10.1 Å². The van der Waals surface area contributed by atoms with Gasteiger partial charge in [-0.05, 0) is 50.2 Å². The van der Waals surface area contributed by atoms with Crippen LogP contribution in [-0.2, 0) is 11.2 Å². The van der Waals surface area contributed by atoms with E-state index in [1.54, 1.807) is 42.6 Å². The molecule has 1 amide bonds. The molecule has 0 fully saturated rings. The number of carbonyl (C=O) groups excluding carboxylic acids is 1. The summed E-state index contributed by atoms with van der Waals surface area (Å²) in [6, 6.07) is 14.4. The van der Waals surface area contributed by atoms with E-state index in [9.17, 15) is 4.79 Å². The van der Waals surface area contributed by atoms with Gasteiger partial charge in [0.2, 0.25) is 4.96 Å². The van der Waals surface area contributed by atoms with Crippen molar-refractivity contribution in [1.29, 1.82) is 0 Å². The van der Waals surface area contributed by atoms with Gasteiger partial charge in [0.1, 0.15) is 10.8 Å². The molecular weight excluding hydrogens is 422 g/mol. The Morgan fingerprint density at radius 3 is 2.70 bits per heavy atom. The van der Waals surface area contributed by atoms with Crippen molar-refractivity contribution in [2.75, 3.05) is 5.32 Å². The van der Waals surface area contributed by atoms with E-state index in [1.165, 1.54) is 11.3 Å². The van der Waals surface area contributed by atoms with Gasteiger partial charge in [-0.3, -0.25) is 4.79 Å². The average Bonchev–Trinajstić information content (AvgIpc) is 3.30. The monoisotopic (exact) mass is 441 g/mol. The van der Waals surface area contributed by atoms with Crippen LogP contribution < -0.4 is 10.1 Å². The lowest BCUT2D eigenvalue weighted by Crippen LogP contribution is -2.42. The molecule has 0 saturated carbocycles. The molecule has 154 valence electrons. The summed E-state index contributed by atoms with van der Waals surface area (Å²) >= 11 is 7.36. The third kappa shape index (κ3) is 4.15. The van der Waals surface area contributed by atoms with Crippen LogP contribution in [0.4, 0.5) is 5.69 Å². The Labute approximate surface area is 182 Å². The summed E-state index contributed by atoms with van der Waals surface area (Å²) in [4.78, 5) is 13.6. The molecule has 1 N–H and O–H groups in total. The summed E-state index contributed by atoms with van der Waals surface area (Å²) in [6.07, 6.45) is 0.753. The maximum atomic E-state index is 12.8. The van der Waals surface area contributed by atoms with E-state index in [0.29, 0.717) is 16.5 Å². The van der Waals surface area contributed by atoms with Gasteiger partial charge in [-0.25, -0.2) is 0 Å². The van der Waals surface area contributed by atoms with Gasteiger partial charge >= 0.3 is 0 Å². The number of nitrogens with zero attached hydrogens (tertiary/aromatic N) is 4. The van der Waals surface area contributed by atoms with E-state index in [4.69, 9.17) is 16.3 Å². The summed E-state index contributed by atoms with van der Waals surface area (Å²) < 4.78 is 7.62. The fraction of sp³-hybridized carbons (Fsp3) is 0.238. The van der Waals surface area contributed by atoms with Gasteiger partial charge in [0.05, 0.1) is 0 Å². The van der Waals surface area contributed by atoms with Crippen LogP contribution in [0.3, 0.4) is 0 Å². The van der Waals surface area contributed by atoms with Crippen LogP contribution in [0.1, 0.15) is 26.6 Å². The SMILES string of the molecule is CCc1nnc2sc(-c3cccc(NC(=O)C(C)(C)Oc4ccc(Cl)cc4)c3)nn12. The molecule has 0 aliphatic rings. The number of amides is 1. The van der Waals surface area contributed by atoms with Crippen molar-refractivity contribution in [2.24, 2.45) is 0 Å². The summed E-state index contributed by atoms with van der Waals surface area (Å²) in [5.74, 6) is 1.12. The van der Waals surface area contributed by atoms with Crippen molar-refractivity contribution in [1.82, 2.24) is 19.8 Å². The Hall–Kier alpha value is -2.97. The van der Waals surface area contributed by atoms with E-state index in [-0.39, 0.29) is 5.91 Å². The zero-order valence-electron chi connectivity index (χ0n) is 16.7. The predicted molar refractivity (Wildman–Crippen MR) is 118 cm³/mol. The molecule has 0 aliphatic carbocycles. The normalized spacial score (nSPS) is 11.6. The first-order valence-electron chi connectivity index (χ1n) is 9.43. The van der Waals surface area contributed by atoms with E-state index in [1.807, 2.05) is 31.2 Å². The van der Waals surface area contributed by atoms with E-state index < -0.39 is 5.60 Å². The number of hydrogen-bond acceptors (Lipinski definition) is 6. The average molecular weight is 442 g/mol. The van der Waals surface area contributed by atoms with Gasteiger partial charge in [0.15, 0.2) is 11.4 Å². The second-order valence-corrected chi connectivity index (χ2v) is 8.57. The summed E-state index contributed by atoms with van der Waals surface area (Å²) in [6.45, 7) is 5.45. The maximum Gasteiger partial charge on any atom is 0.267 e. The number of halogens is 1. The number of rotatable bonds is 6. The van der Waals surface area contributed by atoms with Gasteiger partial charge in [-0.1, -0.05) is 42.0 Å². The third-order valence-electron chi connectivity index (χ3n) is 4.47. The van der Waals surface area contributed by atoms with E-state index in [2.05, 4.69) is 20.6 Å². The molecule has 4 aromatic rings. The fourth-order valence-corrected chi connectivity index (χ4v) is 3.83. The Kier molecular flexibility index (Phi) is 5.44. The van der Waals surface area contributed by atoms with Crippen LogP contribution in [0.25, 0.3) is 15.5 Å². The van der Waals surface area contributed by atoms with Crippen molar-refractivity contribution in [2.45, 2.75) is 32.8 Å². The first-order valence-corrected chi connectivity index (χ1v) is 10.6. The van der Waals surface area contributed by atoms with E-state index in [0.717, 1.165) is 27.8 Å². The summed E-state index contributed by atoms with van der Waals surface area (Å²) in [7, 11) is 0. The summed E-state index contributed by atoms with van der Waals surface area (Å²) in [5.41, 5.74) is 0.474. The lowest BCUT2D eigenvalue weighted by atomic mass is 10.1. The number of nitrogens with one attached hydrogen (secondary N) is 1. The molecule has 4 rings (SSSR count). The second-order valence-electron chi connectivity index (χ2n) is 7.17. The maximum absolute atomic E-state index is 12.8. The smallest absolute Gasteiger partial charge is 0.267 e. The minimum absolute atomic E-state index is 0.263. The number of aryl methyl sites for hydroxylation is 1. The van der Waals surface area contributed by atoms with Gasteiger partial charge in [-0.15, -0.1) is 10.2 Å². The predicted octanol–water partition coefficient (Wildman–Crippen LogP) is 4.86. The topological polar surface area (TPSA) is 81.4 Å². The molecule has 0 radical (unpaired) electrons. The summed E-state index contributed by atoms with van der Waals surface area (Å²) in [5, 5.41) is 17.2. The van der Waals surface area contributed by atoms with Crippen molar-refractivity contribution < 1.29 is 9.53 Å². The lowest BCUT2D eigenvalue weighted by molar-refractivity contribution is -0.128. The van der Waals surface area contributed by atoms with Crippen molar-refractivity contribution in [3.8, 4) is 16.3 Å². The Morgan fingerprint density at radius 1 is 1.20 bits per heavy atom. The van der Waals surface area contributed by atoms with Crippen LogP contribution >= 0.6 is 22.9 Å². The molecular formula is C21H20ClN5O2S. The minimum atomic E-state index is -1.08. The molecule has 2 aromatic heterocycles. The number of anilines is 1. The highest BCUT2D eigenvalue weighted by Gasteiger charge is 2.30. The zero-order valence-corrected chi connectivity index (χ0v) is 18.3. The number of carbonyl (C=O) groups is 1. The minimum Gasteiger partial charge on any atom is -0.478 e. The number of benzene rings is 2. The third-order valence-corrected chi connectivity index (χ3v) is 5.67. The van der Waals surface area contributed by atoms with Gasteiger partial charge in [-0.2, -0.15) is 9.61 Å². The van der Waals surface area contributed by atoms with Crippen molar-refractivity contribution in [3.05, 3.63) is 59.4 Å². The van der Waals surface area contributed by atoms with Crippen molar-refractivity contribution in [3.63, 3.8) is 0 Å². The largest absolute Gasteiger partial charge is 0.478 e. The standard InChI is InChI=1S/C21H20ClN5O2S/c1-4-17-24-25-20-27(17)26-18(30-20)13-6-5-7-15(12-13)23-19(28)21(2,3)29-16-10-8-14(22)9-11-16/h5-12H,4H2,1-3H3,(H,23,28). The zero-order chi connectivity index (χ0) is 21.3. The van der Waals surface area contributed by atoms with Gasteiger partial charge in [0.25, 0.3) is 5.91 Å². The number of aromatic nitrogens is 4. The molecule has 30 heavy (non-hydrogen) atoms. The first kappa shape index (κ1) is 20.3.